The van der Waals surface area contributed by atoms with Crippen LogP contribution in [0, 0.1) is 6.92 Å². The number of thiophene rings is 1. The molecule has 0 unspecified atom stereocenters. The fourth-order valence-corrected chi connectivity index (χ4v) is 3.38. The number of halogens is 1. The standard InChI is InChI=1S/C14H12BrN3S/c1-8-2-4-9(5-3-8)12-13(17-18-14(12)16)10-6-7-11(15)19-10/h2-7H,1H3,(H3,16,17,18). The molecular weight excluding hydrogens is 322 g/mol. The van der Waals surface area contributed by atoms with Gasteiger partial charge in [0.05, 0.1) is 19.9 Å². The minimum absolute atomic E-state index is 0.531. The number of rotatable bonds is 2. The lowest BCUT2D eigenvalue weighted by Crippen LogP contribution is -1.88. The van der Waals surface area contributed by atoms with Gasteiger partial charge in [0, 0.05) is 0 Å². The second-order valence-electron chi connectivity index (χ2n) is 4.33. The summed E-state index contributed by atoms with van der Waals surface area (Å²) in [6.07, 6.45) is 0. The molecule has 0 amide bonds. The van der Waals surface area contributed by atoms with Gasteiger partial charge in [0.1, 0.15) is 0 Å². The molecule has 0 aliphatic heterocycles. The Labute approximate surface area is 123 Å². The van der Waals surface area contributed by atoms with Crippen LogP contribution >= 0.6 is 27.3 Å². The first-order valence-electron chi connectivity index (χ1n) is 5.82. The van der Waals surface area contributed by atoms with Crippen LogP contribution in [0.2, 0.25) is 0 Å². The SMILES string of the molecule is Cc1ccc(-c2c(N)n[nH]c2-c2ccc(Br)s2)cc1. The number of nitrogens with two attached hydrogens (primary N) is 1. The largest absolute Gasteiger partial charge is 0.382 e. The molecular formula is C14H12BrN3S. The molecule has 96 valence electrons. The van der Waals surface area contributed by atoms with Gasteiger partial charge in [0.25, 0.3) is 0 Å². The van der Waals surface area contributed by atoms with Gasteiger partial charge >= 0.3 is 0 Å². The van der Waals surface area contributed by atoms with Crippen LogP contribution in [-0.2, 0) is 0 Å². The predicted molar refractivity (Wildman–Crippen MR) is 84.2 cm³/mol. The summed E-state index contributed by atoms with van der Waals surface area (Å²) < 4.78 is 1.09. The molecule has 0 radical (unpaired) electrons. The highest BCUT2D eigenvalue weighted by molar-refractivity contribution is 9.11. The van der Waals surface area contributed by atoms with Crippen LogP contribution in [0.25, 0.3) is 21.7 Å². The van der Waals surface area contributed by atoms with Crippen LogP contribution in [0.15, 0.2) is 40.2 Å². The lowest BCUT2D eigenvalue weighted by molar-refractivity contribution is 1.11. The van der Waals surface area contributed by atoms with E-state index in [1.165, 1.54) is 5.56 Å². The number of nitrogen functional groups attached to an aromatic ring is 1. The first-order valence-corrected chi connectivity index (χ1v) is 7.42. The van der Waals surface area contributed by atoms with Gasteiger partial charge in [-0.1, -0.05) is 29.8 Å². The van der Waals surface area contributed by atoms with E-state index in [0.717, 1.165) is 25.5 Å². The van der Waals surface area contributed by atoms with E-state index in [1.807, 2.05) is 6.07 Å². The lowest BCUT2D eigenvalue weighted by Gasteiger charge is -2.03. The fourth-order valence-electron chi connectivity index (χ4n) is 2.00. The molecule has 5 heteroatoms. The van der Waals surface area contributed by atoms with Gasteiger partial charge in [-0.2, -0.15) is 5.10 Å². The zero-order valence-electron chi connectivity index (χ0n) is 10.3. The number of hydrogen-bond acceptors (Lipinski definition) is 3. The number of nitrogens with one attached hydrogen (secondary N) is 1. The van der Waals surface area contributed by atoms with Crippen molar-refractivity contribution in [3.63, 3.8) is 0 Å². The minimum atomic E-state index is 0.531. The van der Waals surface area contributed by atoms with Gasteiger partial charge in [-0.15, -0.1) is 11.3 Å². The number of benzene rings is 1. The zero-order valence-corrected chi connectivity index (χ0v) is 12.7. The van der Waals surface area contributed by atoms with Gasteiger partial charge in [-0.3, -0.25) is 5.10 Å². The Kier molecular flexibility index (Phi) is 3.16. The van der Waals surface area contributed by atoms with Gasteiger partial charge in [0.15, 0.2) is 5.82 Å². The maximum atomic E-state index is 6.01. The normalized spacial score (nSPS) is 10.8. The molecule has 0 aliphatic rings. The minimum Gasteiger partial charge on any atom is -0.382 e. The number of nitrogens with zero attached hydrogens (tertiary/aromatic N) is 1. The van der Waals surface area contributed by atoms with Crippen molar-refractivity contribution in [3.8, 4) is 21.7 Å². The van der Waals surface area contributed by atoms with Crippen molar-refractivity contribution in [2.45, 2.75) is 6.92 Å². The highest BCUT2D eigenvalue weighted by Gasteiger charge is 2.15. The molecule has 0 saturated carbocycles. The lowest BCUT2D eigenvalue weighted by atomic mass is 10.0. The third-order valence-electron chi connectivity index (χ3n) is 2.95. The molecule has 0 atom stereocenters. The molecule has 2 aromatic heterocycles. The number of aryl methyl sites for hydroxylation is 1. The first kappa shape index (κ1) is 12.4. The highest BCUT2D eigenvalue weighted by atomic mass is 79.9. The summed E-state index contributed by atoms with van der Waals surface area (Å²) in [5.41, 5.74) is 10.3. The predicted octanol–water partition coefficient (Wildman–Crippen LogP) is 4.46. The molecule has 0 fully saturated rings. The van der Waals surface area contributed by atoms with E-state index < -0.39 is 0 Å². The van der Waals surface area contributed by atoms with Crippen molar-refractivity contribution in [2.24, 2.45) is 0 Å². The Morgan fingerprint density at radius 1 is 1.16 bits per heavy atom. The van der Waals surface area contributed by atoms with Crippen molar-refractivity contribution in [1.82, 2.24) is 10.2 Å². The smallest absolute Gasteiger partial charge is 0.153 e. The third-order valence-corrected chi connectivity index (χ3v) is 4.60. The first-order chi connectivity index (χ1) is 9.15. The van der Waals surface area contributed by atoms with E-state index in [1.54, 1.807) is 11.3 Å². The van der Waals surface area contributed by atoms with E-state index in [0.29, 0.717) is 5.82 Å². The van der Waals surface area contributed by atoms with Crippen molar-refractivity contribution in [3.05, 3.63) is 45.7 Å². The number of anilines is 1. The molecule has 0 spiro atoms. The maximum Gasteiger partial charge on any atom is 0.153 e. The molecule has 3 rings (SSSR count). The zero-order chi connectivity index (χ0) is 13.4. The molecule has 19 heavy (non-hydrogen) atoms. The van der Waals surface area contributed by atoms with E-state index in [9.17, 15) is 0 Å². The van der Waals surface area contributed by atoms with Gasteiger partial charge in [-0.05, 0) is 40.5 Å². The monoisotopic (exact) mass is 333 g/mol. The Hall–Kier alpha value is -1.59. The Balaban J connectivity index is 2.16. The Morgan fingerprint density at radius 2 is 1.89 bits per heavy atom. The van der Waals surface area contributed by atoms with Crippen molar-refractivity contribution in [2.75, 3.05) is 5.73 Å². The molecule has 3 nitrogen and oxygen atoms in total. The summed E-state index contributed by atoms with van der Waals surface area (Å²) in [5, 5.41) is 7.18. The second kappa shape index (κ2) is 4.83. The van der Waals surface area contributed by atoms with Crippen molar-refractivity contribution in [1.29, 1.82) is 0 Å². The van der Waals surface area contributed by atoms with E-state index in [2.05, 4.69) is 63.4 Å². The third kappa shape index (κ3) is 2.31. The molecule has 2 heterocycles. The Bertz CT molecular complexity index is 713. The van der Waals surface area contributed by atoms with Crippen LogP contribution < -0.4 is 5.73 Å². The summed E-state index contributed by atoms with van der Waals surface area (Å²) in [6, 6.07) is 12.4. The molecule has 3 N–H and O–H groups in total. The molecule has 1 aromatic carbocycles. The van der Waals surface area contributed by atoms with Crippen LogP contribution in [-0.4, -0.2) is 10.2 Å². The summed E-state index contributed by atoms with van der Waals surface area (Å²) in [5.74, 6) is 0.531. The number of aromatic nitrogens is 2. The number of hydrogen-bond donors (Lipinski definition) is 2. The van der Waals surface area contributed by atoms with E-state index in [4.69, 9.17) is 5.73 Å². The van der Waals surface area contributed by atoms with Gasteiger partial charge < -0.3 is 5.73 Å². The van der Waals surface area contributed by atoms with E-state index >= 15 is 0 Å². The molecule has 3 aromatic rings. The van der Waals surface area contributed by atoms with Crippen molar-refractivity contribution < 1.29 is 0 Å². The van der Waals surface area contributed by atoms with Crippen LogP contribution in [0.5, 0.6) is 0 Å². The van der Waals surface area contributed by atoms with Crippen LogP contribution in [0.1, 0.15) is 5.56 Å². The molecule has 0 saturated heterocycles. The maximum absolute atomic E-state index is 6.01. The van der Waals surface area contributed by atoms with Crippen molar-refractivity contribution >= 4 is 33.1 Å². The average molecular weight is 334 g/mol. The van der Waals surface area contributed by atoms with Gasteiger partial charge in [-0.25, -0.2) is 0 Å². The molecule has 0 bridgehead atoms. The van der Waals surface area contributed by atoms with Crippen LogP contribution in [0.3, 0.4) is 0 Å². The molecule has 0 aliphatic carbocycles. The summed E-state index contributed by atoms with van der Waals surface area (Å²) >= 11 is 5.14. The quantitative estimate of drug-likeness (QED) is 0.727. The van der Waals surface area contributed by atoms with E-state index in [-0.39, 0.29) is 0 Å². The second-order valence-corrected chi connectivity index (χ2v) is 6.79. The number of H-pyrrole nitrogens is 1. The van der Waals surface area contributed by atoms with Gasteiger partial charge in [0.2, 0.25) is 0 Å². The highest BCUT2D eigenvalue weighted by Crippen LogP contribution is 2.38. The number of aromatic amines is 1. The average Bonchev–Trinajstić information content (AvgIpc) is 2.97. The summed E-state index contributed by atoms with van der Waals surface area (Å²) in [7, 11) is 0. The topological polar surface area (TPSA) is 54.7 Å². The Morgan fingerprint density at radius 3 is 2.53 bits per heavy atom. The summed E-state index contributed by atoms with van der Waals surface area (Å²) in [6.45, 7) is 2.07. The fraction of sp³-hybridized carbons (Fsp3) is 0.0714. The van der Waals surface area contributed by atoms with Crippen LogP contribution in [0.4, 0.5) is 5.82 Å². The summed E-state index contributed by atoms with van der Waals surface area (Å²) in [4.78, 5) is 1.12.